The van der Waals surface area contributed by atoms with Gasteiger partial charge in [0.15, 0.2) is 0 Å². The lowest BCUT2D eigenvalue weighted by Crippen LogP contribution is -2.28. The largest absolute Gasteiger partial charge is 0.327 e. The van der Waals surface area contributed by atoms with Gasteiger partial charge in [0.1, 0.15) is 5.82 Å². The highest BCUT2D eigenvalue weighted by atomic mass is 35.5. The minimum Gasteiger partial charge on any atom is -0.327 e. The van der Waals surface area contributed by atoms with Gasteiger partial charge in [-0.2, -0.15) is 0 Å². The Balaban J connectivity index is 0.00000280. The molecule has 28 heavy (non-hydrogen) atoms. The Morgan fingerprint density at radius 2 is 1.71 bits per heavy atom. The molecule has 5 nitrogen and oxygen atoms in total. The molecule has 0 spiro atoms. The van der Waals surface area contributed by atoms with E-state index in [9.17, 15) is 14.0 Å². The van der Waals surface area contributed by atoms with Gasteiger partial charge in [0.25, 0.3) is 0 Å². The van der Waals surface area contributed by atoms with E-state index in [1.54, 1.807) is 36.4 Å². The molecule has 1 aliphatic rings. The number of rotatable bonds is 6. The Labute approximate surface area is 170 Å². The number of nitrogens with one attached hydrogen (secondary N) is 2. The molecule has 0 unspecified atom stereocenters. The number of nitrogens with two attached hydrogens (primary N) is 1. The number of amides is 2. The van der Waals surface area contributed by atoms with Gasteiger partial charge in [0.2, 0.25) is 11.8 Å². The number of carbonyl (C=O) groups is 2. The van der Waals surface area contributed by atoms with Crippen molar-refractivity contribution >= 4 is 35.6 Å². The normalized spacial score (nSPS) is 18.2. The second-order valence-corrected chi connectivity index (χ2v) is 7.01. The van der Waals surface area contributed by atoms with Crippen molar-refractivity contribution < 1.29 is 14.0 Å². The average molecular weight is 406 g/mol. The minimum absolute atomic E-state index is 0. The van der Waals surface area contributed by atoms with E-state index in [0.29, 0.717) is 12.1 Å². The summed E-state index contributed by atoms with van der Waals surface area (Å²) in [6, 6.07) is 13.2. The second-order valence-electron chi connectivity index (χ2n) is 7.01. The van der Waals surface area contributed by atoms with Gasteiger partial charge in [-0.25, -0.2) is 4.39 Å². The third-order valence-electron chi connectivity index (χ3n) is 4.92. The summed E-state index contributed by atoms with van der Waals surface area (Å²) < 4.78 is 13.6. The van der Waals surface area contributed by atoms with Crippen molar-refractivity contribution in [2.45, 2.75) is 38.1 Å². The Kier molecular flexibility index (Phi) is 7.96. The molecule has 0 aliphatic heterocycles. The molecule has 2 atom stereocenters. The number of carbonyl (C=O) groups excluding carboxylic acids is 2. The van der Waals surface area contributed by atoms with E-state index in [2.05, 4.69) is 10.6 Å². The molecule has 1 saturated carbocycles. The lowest BCUT2D eigenvalue weighted by molar-refractivity contribution is -0.117. The van der Waals surface area contributed by atoms with Crippen LogP contribution in [0.1, 0.15) is 31.2 Å². The fraction of sp³-hybridized carbons (Fsp3) is 0.333. The van der Waals surface area contributed by atoms with Crippen LogP contribution in [0.25, 0.3) is 0 Å². The maximum Gasteiger partial charge on any atom is 0.228 e. The predicted molar refractivity (Wildman–Crippen MR) is 111 cm³/mol. The molecule has 0 radical (unpaired) electrons. The highest BCUT2D eigenvalue weighted by Crippen LogP contribution is 2.27. The SMILES string of the molecule is Cl.N[C@@H]1CCC[C@H]1CC(=O)Nc1ccc(CC(=O)Nc2ccccc2F)cc1. The van der Waals surface area contributed by atoms with E-state index in [0.717, 1.165) is 24.8 Å². The van der Waals surface area contributed by atoms with Crippen molar-refractivity contribution in [1.29, 1.82) is 0 Å². The summed E-state index contributed by atoms with van der Waals surface area (Å²) in [6.45, 7) is 0. The molecule has 1 aliphatic carbocycles. The second kappa shape index (κ2) is 10.2. The first kappa shape index (κ1) is 21.9. The van der Waals surface area contributed by atoms with Crippen LogP contribution in [0.2, 0.25) is 0 Å². The Morgan fingerprint density at radius 1 is 1.00 bits per heavy atom. The molecule has 150 valence electrons. The fourth-order valence-corrected chi connectivity index (χ4v) is 3.42. The van der Waals surface area contributed by atoms with E-state index in [4.69, 9.17) is 5.73 Å². The summed E-state index contributed by atoms with van der Waals surface area (Å²) in [7, 11) is 0. The van der Waals surface area contributed by atoms with Crippen LogP contribution in [0.4, 0.5) is 15.8 Å². The van der Waals surface area contributed by atoms with Crippen molar-refractivity contribution in [3.05, 3.63) is 59.9 Å². The molecule has 0 bridgehead atoms. The Morgan fingerprint density at radius 3 is 2.36 bits per heavy atom. The van der Waals surface area contributed by atoms with Crippen molar-refractivity contribution in [2.24, 2.45) is 11.7 Å². The highest BCUT2D eigenvalue weighted by Gasteiger charge is 2.25. The van der Waals surface area contributed by atoms with E-state index in [1.807, 2.05) is 0 Å². The fourth-order valence-electron chi connectivity index (χ4n) is 3.42. The Hall–Kier alpha value is -2.44. The zero-order valence-corrected chi connectivity index (χ0v) is 16.3. The van der Waals surface area contributed by atoms with Gasteiger partial charge in [-0.05, 0) is 48.6 Å². The van der Waals surface area contributed by atoms with Crippen molar-refractivity contribution in [2.75, 3.05) is 10.6 Å². The van der Waals surface area contributed by atoms with E-state index < -0.39 is 5.82 Å². The summed E-state index contributed by atoms with van der Waals surface area (Å²) in [5, 5.41) is 5.43. The summed E-state index contributed by atoms with van der Waals surface area (Å²) in [5.74, 6) is -0.549. The van der Waals surface area contributed by atoms with Crippen LogP contribution in [-0.4, -0.2) is 17.9 Å². The van der Waals surface area contributed by atoms with Crippen LogP contribution < -0.4 is 16.4 Å². The summed E-state index contributed by atoms with van der Waals surface area (Å²) in [4.78, 5) is 24.2. The van der Waals surface area contributed by atoms with Gasteiger partial charge in [-0.3, -0.25) is 9.59 Å². The first-order valence-electron chi connectivity index (χ1n) is 9.20. The van der Waals surface area contributed by atoms with Crippen LogP contribution in [0, 0.1) is 11.7 Å². The number of anilines is 2. The molecule has 0 heterocycles. The number of benzene rings is 2. The number of hydrogen-bond acceptors (Lipinski definition) is 3. The molecule has 0 saturated heterocycles. The van der Waals surface area contributed by atoms with Crippen molar-refractivity contribution in [1.82, 2.24) is 0 Å². The highest BCUT2D eigenvalue weighted by molar-refractivity contribution is 5.93. The van der Waals surface area contributed by atoms with Crippen LogP contribution >= 0.6 is 12.4 Å². The van der Waals surface area contributed by atoms with Crippen molar-refractivity contribution in [3.63, 3.8) is 0 Å². The van der Waals surface area contributed by atoms with Crippen LogP contribution in [-0.2, 0) is 16.0 Å². The van der Waals surface area contributed by atoms with E-state index in [1.165, 1.54) is 12.1 Å². The summed E-state index contributed by atoms with van der Waals surface area (Å²) in [6.07, 6.45) is 3.64. The van der Waals surface area contributed by atoms with Gasteiger partial charge < -0.3 is 16.4 Å². The third-order valence-corrected chi connectivity index (χ3v) is 4.92. The van der Waals surface area contributed by atoms with Gasteiger partial charge in [-0.15, -0.1) is 12.4 Å². The lowest BCUT2D eigenvalue weighted by atomic mass is 10.00. The molecular weight excluding hydrogens is 381 g/mol. The summed E-state index contributed by atoms with van der Waals surface area (Å²) in [5.41, 5.74) is 7.64. The van der Waals surface area contributed by atoms with Crippen molar-refractivity contribution in [3.8, 4) is 0 Å². The van der Waals surface area contributed by atoms with Crippen LogP contribution in [0.5, 0.6) is 0 Å². The quantitative estimate of drug-likeness (QED) is 0.681. The van der Waals surface area contributed by atoms with E-state index in [-0.39, 0.29) is 48.3 Å². The Bertz CT molecular complexity index is 814. The molecule has 1 fully saturated rings. The molecule has 2 aromatic carbocycles. The monoisotopic (exact) mass is 405 g/mol. The molecular formula is C21H25ClFN3O2. The molecule has 4 N–H and O–H groups in total. The molecule has 7 heteroatoms. The third kappa shape index (κ3) is 6.04. The smallest absolute Gasteiger partial charge is 0.228 e. The zero-order valence-electron chi connectivity index (χ0n) is 15.5. The number of para-hydroxylation sites is 1. The molecule has 3 rings (SSSR count). The molecule has 2 amide bonds. The number of hydrogen-bond donors (Lipinski definition) is 3. The van der Waals surface area contributed by atoms with Crippen LogP contribution in [0.15, 0.2) is 48.5 Å². The maximum absolute atomic E-state index is 13.6. The molecule has 2 aromatic rings. The zero-order chi connectivity index (χ0) is 19.2. The predicted octanol–water partition coefficient (Wildman–Crippen LogP) is 3.88. The van der Waals surface area contributed by atoms with Gasteiger partial charge >= 0.3 is 0 Å². The van der Waals surface area contributed by atoms with E-state index >= 15 is 0 Å². The maximum atomic E-state index is 13.6. The minimum atomic E-state index is -0.467. The van der Waals surface area contributed by atoms with Crippen LogP contribution in [0.3, 0.4) is 0 Å². The van der Waals surface area contributed by atoms with Gasteiger partial charge in [0, 0.05) is 18.2 Å². The summed E-state index contributed by atoms with van der Waals surface area (Å²) >= 11 is 0. The standard InChI is InChI=1S/C21H24FN3O2.ClH/c22-17-5-1-2-7-19(17)25-20(26)12-14-8-10-16(11-9-14)24-21(27)13-15-4-3-6-18(15)23;/h1-2,5,7-11,15,18H,3-4,6,12-13,23H2,(H,24,27)(H,25,26);1H/t15-,18+;/m0./s1. The first-order valence-corrected chi connectivity index (χ1v) is 9.20. The molecule has 0 aromatic heterocycles. The van der Waals surface area contributed by atoms with Gasteiger partial charge in [-0.1, -0.05) is 30.7 Å². The topological polar surface area (TPSA) is 84.2 Å². The number of halogens is 2. The first-order chi connectivity index (χ1) is 13.0. The average Bonchev–Trinajstić information content (AvgIpc) is 3.03. The van der Waals surface area contributed by atoms with Gasteiger partial charge in [0.05, 0.1) is 12.1 Å². The lowest BCUT2D eigenvalue weighted by Gasteiger charge is -2.15.